The molecule has 0 atom stereocenters. The molecule has 36 heavy (non-hydrogen) atoms. The van der Waals surface area contributed by atoms with Gasteiger partial charge in [-0.2, -0.15) is 0 Å². The summed E-state index contributed by atoms with van der Waals surface area (Å²) in [4.78, 5) is 22.3. The molecular weight excluding hydrogens is 472 g/mol. The minimum atomic E-state index is -0.868. The molecule has 4 aromatic rings. The van der Waals surface area contributed by atoms with Crippen molar-refractivity contribution < 1.29 is 14.7 Å². The Morgan fingerprint density at radius 1 is 0.972 bits per heavy atom. The fraction of sp³-hybridized carbons (Fsp3) is 0.133. The minimum Gasteiger partial charge on any atom is -0.477 e. The molecule has 0 saturated heterocycles. The first-order chi connectivity index (χ1) is 16.8. The lowest BCUT2D eigenvalue weighted by Gasteiger charge is -2.09. The summed E-state index contributed by atoms with van der Waals surface area (Å²) in [6.07, 6.45) is 2.71. The Morgan fingerprint density at radius 3 is 2.14 bits per heavy atom. The fourth-order valence-corrected chi connectivity index (χ4v) is 4.25. The van der Waals surface area contributed by atoms with E-state index in [1.165, 1.54) is 5.56 Å². The van der Waals surface area contributed by atoms with E-state index in [-0.39, 0.29) is 13.3 Å². The van der Waals surface area contributed by atoms with Gasteiger partial charge in [-0.3, -0.25) is 4.79 Å². The number of nitrogens with one attached hydrogen (secondary N) is 1. The van der Waals surface area contributed by atoms with Crippen molar-refractivity contribution in [2.24, 2.45) is 7.05 Å². The van der Waals surface area contributed by atoms with Crippen LogP contribution in [-0.4, -0.2) is 21.6 Å². The molecule has 184 valence electrons. The molecule has 1 aliphatic rings. The van der Waals surface area contributed by atoms with Crippen LogP contribution < -0.4 is 5.32 Å². The second-order valence-electron chi connectivity index (χ2n) is 8.26. The van der Waals surface area contributed by atoms with Crippen LogP contribution in [-0.2, 0) is 18.3 Å². The van der Waals surface area contributed by atoms with E-state index in [9.17, 15) is 9.59 Å². The zero-order valence-electron chi connectivity index (χ0n) is 19.5. The third kappa shape index (κ3) is 5.42. The van der Waals surface area contributed by atoms with Crippen molar-refractivity contribution in [3.05, 3.63) is 107 Å². The fourth-order valence-electron chi connectivity index (χ4n) is 3.98. The zero-order valence-corrected chi connectivity index (χ0v) is 20.3. The van der Waals surface area contributed by atoms with E-state index < -0.39 is 5.97 Å². The van der Waals surface area contributed by atoms with Gasteiger partial charge in [-0.05, 0) is 46.9 Å². The number of halogens is 1. The van der Waals surface area contributed by atoms with Gasteiger partial charge in [-0.1, -0.05) is 87.1 Å². The van der Waals surface area contributed by atoms with Crippen molar-refractivity contribution >= 4 is 34.7 Å². The first kappa shape index (κ1) is 26.5. The van der Waals surface area contributed by atoms with Crippen LogP contribution in [0.15, 0.2) is 85.6 Å². The SMILES string of the molecule is C.C=C1C(=O)Nc2cc(Cl)c(-c3ccc(-c4ccccc4)cc3)cc21.CCc1cc(C(=O)O)n(C)c1. The van der Waals surface area contributed by atoms with Crippen molar-refractivity contribution in [3.8, 4) is 22.3 Å². The molecule has 5 rings (SSSR count). The molecule has 3 aromatic carbocycles. The average molecular weight is 501 g/mol. The molecule has 0 aliphatic carbocycles. The Labute approximate surface area is 216 Å². The van der Waals surface area contributed by atoms with Gasteiger partial charge in [0.25, 0.3) is 5.91 Å². The summed E-state index contributed by atoms with van der Waals surface area (Å²) < 4.78 is 1.63. The molecule has 6 heteroatoms. The number of anilines is 1. The molecule has 0 saturated carbocycles. The van der Waals surface area contributed by atoms with Gasteiger partial charge in [0.05, 0.1) is 10.7 Å². The van der Waals surface area contributed by atoms with E-state index in [0.717, 1.165) is 39.9 Å². The zero-order chi connectivity index (χ0) is 25.1. The number of carbonyl (C=O) groups is 2. The van der Waals surface area contributed by atoms with Crippen LogP contribution in [0.25, 0.3) is 27.8 Å². The number of carboxylic acid groups (broad SMARTS) is 1. The van der Waals surface area contributed by atoms with Crippen LogP contribution in [0.1, 0.15) is 36.0 Å². The predicted octanol–water partition coefficient (Wildman–Crippen LogP) is 7.56. The summed E-state index contributed by atoms with van der Waals surface area (Å²) in [6, 6.07) is 23.9. The number of hydrogen-bond acceptors (Lipinski definition) is 2. The number of aromatic carboxylic acids is 1. The highest BCUT2D eigenvalue weighted by Gasteiger charge is 2.24. The molecule has 0 radical (unpaired) electrons. The highest BCUT2D eigenvalue weighted by atomic mass is 35.5. The lowest BCUT2D eigenvalue weighted by Crippen LogP contribution is -2.02. The van der Waals surface area contributed by atoms with Crippen LogP contribution in [0.4, 0.5) is 5.69 Å². The summed E-state index contributed by atoms with van der Waals surface area (Å²) >= 11 is 6.41. The van der Waals surface area contributed by atoms with Crippen LogP contribution >= 0.6 is 11.6 Å². The van der Waals surface area contributed by atoms with Crippen molar-refractivity contribution in [2.45, 2.75) is 20.8 Å². The quantitative estimate of drug-likeness (QED) is 0.284. The van der Waals surface area contributed by atoms with Crippen molar-refractivity contribution in [3.63, 3.8) is 0 Å². The largest absolute Gasteiger partial charge is 0.477 e. The molecule has 0 unspecified atom stereocenters. The Balaban J connectivity index is 0.000000256. The Hall–Kier alpha value is -4.09. The van der Waals surface area contributed by atoms with Crippen molar-refractivity contribution in [1.29, 1.82) is 0 Å². The van der Waals surface area contributed by atoms with Crippen LogP contribution in [0.2, 0.25) is 5.02 Å². The lowest BCUT2D eigenvalue weighted by atomic mass is 9.97. The van der Waals surface area contributed by atoms with E-state index in [4.69, 9.17) is 16.7 Å². The third-order valence-corrected chi connectivity index (χ3v) is 6.26. The van der Waals surface area contributed by atoms with E-state index in [1.54, 1.807) is 23.7 Å². The number of hydrogen-bond donors (Lipinski definition) is 2. The molecule has 2 N–H and O–H groups in total. The minimum absolute atomic E-state index is 0. The standard InChI is InChI=1S/C21H14ClNO.C8H11NO2.CH4/c1-13-17-11-18(19(22)12-20(17)23-21(13)24)16-9-7-15(8-10-16)14-5-3-2-4-6-14;1-3-6-4-7(8(10)11)9(2)5-6;/h2-12H,1H2,(H,23,24);4-5H,3H2,1-2H3,(H,10,11);1H4. The van der Waals surface area contributed by atoms with Gasteiger partial charge in [-0.25, -0.2) is 4.79 Å². The normalized spacial score (nSPS) is 11.6. The van der Waals surface area contributed by atoms with Gasteiger partial charge < -0.3 is 15.0 Å². The first-order valence-corrected chi connectivity index (χ1v) is 11.5. The molecule has 1 aliphatic heterocycles. The molecule has 1 amide bonds. The van der Waals surface area contributed by atoms with Gasteiger partial charge in [0.15, 0.2) is 0 Å². The highest BCUT2D eigenvalue weighted by Crippen LogP contribution is 2.39. The number of aryl methyl sites for hydroxylation is 2. The summed E-state index contributed by atoms with van der Waals surface area (Å²) in [7, 11) is 1.74. The summed E-state index contributed by atoms with van der Waals surface area (Å²) in [5.41, 5.74) is 7.65. The Kier molecular flexibility index (Phi) is 8.18. The number of fused-ring (bicyclic) bond motifs is 1. The molecule has 1 aromatic heterocycles. The van der Waals surface area contributed by atoms with Crippen LogP contribution in [0.5, 0.6) is 0 Å². The number of nitrogens with zero attached hydrogens (tertiary/aromatic N) is 1. The first-order valence-electron chi connectivity index (χ1n) is 11.2. The second kappa shape index (κ2) is 11.1. The van der Waals surface area contributed by atoms with Gasteiger partial charge in [0.2, 0.25) is 0 Å². The Bertz CT molecular complexity index is 1420. The van der Waals surface area contributed by atoms with E-state index in [2.05, 4.69) is 36.2 Å². The van der Waals surface area contributed by atoms with Crippen LogP contribution in [0.3, 0.4) is 0 Å². The van der Waals surface area contributed by atoms with Crippen molar-refractivity contribution in [2.75, 3.05) is 5.32 Å². The van der Waals surface area contributed by atoms with Gasteiger partial charge in [-0.15, -0.1) is 0 Å². The van der Waals surface area contributed by atoms with Crippen molar-refractivity contribution in [1.82, 2.24) is 4.57 Å². The monoisotopic (exact) mass is 500 g/mol. The number of rotatable bonds is 4. The lowest BCUT2D eigenvalue weighted by molar-refractivity contribution is -0.110. The summed E-state index contributed by atoms with van der Waals surface area (Å²) in [5, 5.41) is 12.0. The smallest absolute Gasteiger partial charge is 0.352 e. The number of aromatic nitrogens is 1. The average Bonchev–Trinajstić information content (AvgIpc) is 3.38. The number of benzene rings is 3. The van der Waals surface area contributed by atoms with E-state index in [0.29, 0.717) is 16.3 Å². The van der Waals surface area contributed by atoms with E-state index >= 15 is 0 Å². The van der Waals surface area contributed by atoms with Gasteiger partial charge >= 0.3 is 5.97 Å². The number of carbonyl (C=O) groups excluding carboxylic acids is 1. The predicted molar refractivity (Wildman–Crippen MR) is 148 cm³/mol. The second-order valence-corrected chi connectivity index (χ2v) is 8.66. The Morgan fingerprint density at radius 2 is 1.58 bits per heavy atom. The maximum Gasteiger partial charge on any atom is 0.352 e. The summed E-state index contributed by atoms with van der Waals surface area (Å²) in [6.45, 7) is 5.84. The topological polar surface area (TPSA) is 71.3 Å². The molecule has 5 nitrogen and oxygen atoms in total. The molecular formula is C30H29ClN2O3. The maximum absolute atomic E-state index is 11.7. The van der Waals surface area contributed by atoms with Gasteiger partial charge in [0.1, 0.15) is 5.69 Å². The number of amides is 1. The third-order valence-electron chi connectivity index (χ3n) is 5.95. The maximum atomic E-state index is 11.7. The number of carboxylic acids is 1. The molecule has 0 spiro atoms. The summed E-state index contributed by atoms with van der Waals surface area (Å²) in [5.74, 6) is -1.04. The van der Waals surface area contributed by atoms with Gasteiger partial charge in [0, 0.05) is 29.9 Å². The molecule has 0 bridgehead atoms. The molecule has 0 fully saturated rings. The highest BCUT2D eigenvalue weighted by molar-refractivity contribution is 6.36. The molecule has 2 heterocycles. The van der Waals surface area contributed by atoms with Crippen LogP contribution in [0, 0.1) is 0 Å². The van der Waals surface area contributed by atoms with E-state index in [1.807, 2.05) is 49.5 Å².